The zero-order valence-corrected chi connectivity index (χ0v) is 12.9. The molecule has 3 rings (SSSR count). The summed E-state index contributed by atoms with van der Waals surface area (Å²) in [4.78, 5) is 11.9. The summed E-state index contributed by atoms with van der Waals surface area (Å²) in [6.07, 6.45) is 2.43. The summed E-state index contributed by atoms with van der Waals surface area (Å²) >= 11 is 1.32. The highest BCUT2D eigenvalue weighted by Gasteiger charge is 2.15. The van der Waals surface area contributed by atoms with Crippen LogP contribution < -0.4 is 10.6 Å². The van der Waals surface area contributed by atoms with Gasteiger partial charge in [0.15, 0.2) is 0 Å². The second-order valence-electron chi connectivity index (χ2n) is 5.18. The number of hydrogen-bond acceptors (Lipinski definition) is 6. The number of hydrogen-bond donors (Lipinski definition) is 2. The quantitative estimate of drug-likeness (QED) is 0.851. The highest BCUT2D eigenvalue weighted by atomic mass is 32.1. The van der Waals surface area contributed by atoms with Crippen LogP contribution in [0.2, 0.25) is 0 Å². The molecule has 1 unspecified atom stereocenters. The molecule has 1 amide bonds. The van der Waals surface area contributed by atoms with Crippen molar-refractivity contribution in [2.24, 2.45) is 0 Å². The minimum atomic E-state index is -0.0546. The maximum absolute atomic E-state index is 11.9. The second kappa shape index (κ2) is 7.44. The molecule has 1 aromatic carbocycles. The lowest BCUT2D eigenvalue weighted by molar-refractivity contribution is -0.115. The van der Waals surface area contributed by atoms with E-state index in [-0.39, 0.29) is 18.6 Å². The van der Waals surface area contributed by atoms with Crippen LogP contribution in [-0.2, 0) is 9.53 Å². The van der Waals surface area contributed by atoms with Crippen LogP contribution in [-0.4, -0.2) is 41.3 Å². The molecule has 1 fully saturated rings. The van der Waals surface area contributed by atoms with Crippen LogP contribution >= 0.6 is 11.5 Å². The Kier molecular flexibility index (Phi) is 5.10. The van der Waals surface area contributed by atoms with Gasteiger partial charge in [0.25, 0.3) is 0 Å². The summed E-state index contributed by atoms with van der Waals surface area (Å²) in [7, 11) is 0. The van der Waals surface area contributed by atoms with E-state index in [1.807, 2.05) is 29.6 Å². The molecule has 0 aliphatic carbocycles. The van der Waals surface area contributed by atoms with E-state index < -0.39 is 0 Å². The van der Waals surface area contributed by atoms with Crippen molar-refractivity contribution in [3.8, 4) is 11.3 Å². The van der Waals surface area contributed by atoms with Gasteiger partial charge in [-0.1, -0.05) is 16.6 Å². The topological polar surface area (TPSA) is 76.1 Å². The molecule has 1 atom stereocenters. The number of carbonyl (C=O) groups is 1. The van der Waals surface area contributed by atoms with E-state index in [0.717, 1.165) is 42.9 Å². The van der Waals surface area contributed by atoms with Crippen LogP contribution in [0.4, 0.5) is 5.69 Å². The normalized spacial score (nSPS) is 17.5. The van der Waals surface area contributed by atoms with Gasteiger partial charge >= 0.3 is 0 Å². The lowest BCUT2D eigenvalue weighted by Gasteiger charge is -2.11. The van der Waals surface area contributed by atoms with Crippen molar-refractivity contribution in [1.82, 2.24) is 14.9 Å². The molecule has 2 heterocycles. The molecule has 0 saturated carbocycles. The molecule has 7 heteroatoms. The summed E-state index contributed by atoms with van der Waals surface area (Å²) < 4.78 is 9.34. The van der Waals surface area contributed by atoms with Gasteiger partial charge in [-0.15, -0.1) is 5.10 Å². The van der Waals surface area contributed by atoms with Crippen LogP contribution in [0.5, 0.6) is 0 Å². The Morgan fingerprint density at radius 2 is 2.23 bits per heavy atom. The van der Waals surface area contributed by atoms with Gasteiger partial charge in [-0.05, 0) is 36.5 Å². The predicted molar refractivity (Wildman–Crippen MR) is 85.8 cm³/mol. The highest BCUT2D eigenvalue weighted by molar-refractivity contribution is 7.03. The minimum absolute atomic E-state index is 0.0546. The number of nitrogens with one attached hydrogen (secondary N) is 2. The third-order valence-corrected chi connectivity index (χ3v) is 4.01. The third-order valence-electron chi connectivity index (χ3n) is 3.51. The zero-order valence-electron chi connectivity index (χ0n) is 12.1. The monoisotopic (exact) mass is 318 g/mol. The maximum Gasteiger partial charge on any atom is 0.238 e. The number of amides is 1. The first-order valence-electron chi connectivity index (χ1n) is 7.31. The molecule has 1 aromatic heterocycles. The summed E-state index contributed by atoms with van der Waals surface area (Å²) in [5.74, 6) is -0.0546. The molecule has 0 radical (unpaired) electrons. The van der Waals surface area contributed by atoms with E-state index in [9.17, 15) is 4.79 Å². The molecule has 116 valence electrons. The summed E-state index contributed by atoms with van der Waals surface area (Å²) in [5.41, 5.74) is 2.61. The van der Waals surface area contributed by atoms with Gasteiger partial charge in [-0.3, -0.25) is 4.79 Å². The fourth-order valence-electron chi connectivity index (χ4n) is 2.37. The Morgan fingerprint density at radius 3 is 2.91 bits per heavy atom. The number of aromatic nitrogens is 2. The summed E-state index contributed by atoms with van der Waals surface area (Å²) in [6.45, 7) is 1.85. The molecule has 1 aliphatic heterocycles. The van der Waals surface area contributed by atoms with Gasteiger partial charge in [0.1, 0.15) is 5.69 Å². The number of benzene rings is 1. The molecule has 6 nitrogen and oxygen atoms in total. The van der Waals surface area contributed by atoms with Crippen molar-refractivity contribution >= 4 is 23.1 Å². The average Bonchev–Trinajstić information content (AvgIpc) is 3.21. The summed E-state index contributed by atoms with van der Waals surface area (Å²) in [5, 5.41) is 11.9. The van der Waals surface area contributed by atoms with E-state index in [1.54, 1.807) is 0 Å². The minimum Gasteiger partial charge on any atom is -0.377 e. The van der Waals surface area contributed by atoms with Crippen molar-refractivity contribution in [2.45, 2.75) is 18.9 Å². The van der Waals surface area contributed by atoms with E-state index >= 15 is 0 Å². The standard InChI is InChI=1S/C15H18N4O2S/c20-15(9-16-8-13-2-1-7-21-13)17-12-5-3-11(4-6-12)14-10-22-19-18-14/h3-6,10,13,16H,1-2,7-9H2,(H,17,20). The number of nitrogens with zero attached hydrogens (tertiary/aromatic N) is 2. The van der Waals surface area contributed by atoms with Crippen molar-refractivity contribution in [3.63, 3.8) is 0 Å². The van der Waals surface area contributed by atoms with Crippen LogP contribution in [0.25, 0.3) is 11.3 Å². The van der Waals surface area contributed by atoms with Gasteiger partial charge in [0.05, 0.1) is 12.6 Å². The number of carbonyl (C=O) groups excluding carboxylic acids is 1. The number of ether oxygens (including phenoxy) is 1. The third kappa shape index (κ3) is 4.09. The Bertz CT molecular complexity index is 595. The molecule has 2 aromatic rings. The number of anilines is 1. The fourth-order valence-corrected chi connectivity index (χ4v) is 2.84. The van der Waals surface area contributed by atoms with E-state index in [0.29, 0.717) is 0 Å². The van der Waals surface area contributed by atoms with Crippen molar-refractivity contribution in [3.05, 3.63) is 29.6 Å². The molecule has 0 spiro atoms. The molecule has 1 saturated heterocycles. The van der Waals surface area contributed by atoms with Gasteiger partial charge in [0, 0.05) is 29.8 Å². The van der Waals surface area contributed by atoms with E-state index in [4.69, 9.17) is 4.74 Å². The number of rotatable bonds is 6. The Hall–Kier alpha value is -1.83. The van der Waals surface area contributed by atoms with E-state index in [2.05, 4.69) is 20.2 Å². The largest absolute Gasteiger partial charge is 0.377 e. The highest BCUT2D eigenvalue weighted by Crippen LogP contribution is 2.19. The SMILES string of the molecule is O=C(CNCC1CCCO1)Nc1ccc(-c2csnn2)cc1. The summed E-state index contributed by atoms with van der Waals surface area (Å²) in [6, 6.07) is 7.58. The zero-order chi connectivity index (χ0) is 15.2. The van der Waals surface area contributed by atoms with Crippen molar-refractivity contribution < 1.29 is 9.53 Å². The molecular weight excluding hydrogens is 300 g/mol. The van der Waals surface area contributed by atoms with Crippen LogP contribution in [0.1, 0.15) is 12.8 Å². The van der Waals surface area contributed by atoms with Gasteiger partial charge in [-0.25, -0.2) is 0 Å². The predicted octanol–water partition coefficient (Wildman–Crippen LogP) is 1.91. The second-order valence-corrected chi connectivity index (χ2v) is 5.79. The Balaban J connectivity index is 1.44. The lowest BCUT2D eigenvalue weighted by Crippen LogP contribution is -2.33. The van der Waals surface area contributed by atoms with E-state index in [1.165, 1.54) is 11.5 Å². The first kappa shape index (κ1) is 15.1. The molecular formula is C15H18N4O2S. The lowest BCUT2D eigenvalue weighted by atomic mass is 10.1. The first-order chi connectivity index (χ1) is 10.8. The smallest absolute Gasteiger partial charge is 0.238 e. The molecule has 1 aliphatic rings. The van der Waals surface area contributed by atoms with Gasteiger partial charge < -0.3 is 15.4 Å². The fraction of sp³-hybridized carbons (Fsp3) is 0.400. The van der Waals surface area contributed by atoms with Crippen molar-refractivity contribution in [2.75, 3.05) is 25.0 Å². The Morgan fingerprint density at radius 1 is 1.36 bits per heavy atom. The van der Waals surface area contributed by atoms with Gasteiger partial charge in [0.2, 0.25) is 5.91 Å². The first-order valence-corrected chi connectivity index (χ1v) is 8.14. The maximum atomic E-state index is 11.9. The molecule has 0 bridgehead atoms. The molecule has 22 heavy (non-hydrogen) atoms. The van der Waals surface area contributed by atoms with Crippen LogP contribution in [0.15, 0.2) is 29.6 Å². The Labute approximate surface area is 133 Å². The van der Waals surface area contributed by atoms with Crippen LogP contribution in [0.3, 0.4) is 0 Å². The molecule has 2 N–H and O–H groups in total. The average molecular weight is 318 g/mol. The van der Waals surface area contributed by atoms with Crippen molar-refractivity contribution in [1.29, 1.82) is 0 Å². The van der Waals surface area contributed by atoms with Crippen LogP contribution in [0, 0.1) is 0 Å². The van der Waals surface area contributed by atoms with Gasteiger partial charge in [-0.2, -0.15) is 0 Å².